The second-order valence-electron chi connectivity index (χ2n) is 10.6. The van der Waals surface area contributed by atoms with Crippen LogP contribution in [0.5, 0.6) is 0 Å². The quantitative estimate of drug-likeness (QED) is 0.481. The molecule has 2 aliphatic carbocycles. The number of alkyl halides is 6. The molecule has 0 radical (unpaired) electrons. The summed E-state index contributed by atoms with van der Waals surface area (Å²) in [6.07, 6.45) is 2.04. The molecule has 3 saturated heterocycles. The van der Waals surface area contributed by atoms with Gasteiger partial charge in [-0.15, -0.1) is 5.10 Å². The molecule has 0 amide bonds. The van der Waals surface area contributed by atoms with Crippen LogP contribution in [0, 0.1) is 23.7 Å². The zero-order valence-electron chi connectivity index (χ0n) is 20.7. The topological polar surface area (TPSA) is 121 Å². The van der Waals surface area contributed by atoms with Crippen molar-refractivity contribution in [1.29, 1.82) is 0 Å². The average Bonchev–Trinajstić information content (AvgIpc) is 3.16. The number of carbonyl (C=O) groups is 2. The number of carboxylic acids is 2. The van der Waals surface area contributed by atoms with Gasteiger partial charge in [0.2, 0.25) is 0 Å². The predicted octanol–water partition coefficient (Wildman–Crippen LogP) is 3.55. The van der Waals surface area contributed by atoms with Crippen molar-refractivity contribution in [3.05, 3.63) is 11.9 Å². The highest BCUT2D eigenvalue weighted by molar-refractivity contribution is 5.73. The van der Waals surface area contributed by atoms with Gasteiger partial charge in [-0.05, 0) is 81.7 Å². The maximum absolute atomic E-state index is 10.6. The van der Waals surface area contributed by atoms with Crippen molar-refractivity contribution >= 4 is 11.9 Å². The van der Waals surface area contributed by atoms with Crippen molar-refractivity contribution < 1.29 is 46.1 Å². The lowest BCUT2D eigenvalue weighted by Crippen LogP contribution is -2.37. The number of carboxylic acid groups (broad SMARTS) is 2. The monoisotopic (exact) mass is 557 g/mol. The zero-order chi connectivity index (χ0) is 28.1. The third kappa shape index (κ3) is 9.10. The van der Waals surface area contributed by atoms with Gasteiger partial charge in [-0.2, -0.15) is 26.3 Å². The number of nitrogens with zero attached hydrogens (tertiary/aromatic N) is 4. The molecular formula is C23H33F6N5O4. The predicted molar refractivity (Wildman–Crippen MR) is 121 cm³/mol. The maximum atomic E-state index is 10.6. The second kappa shape index (κ2) is 12.6. The van der Waals surface area contributed by atoms with Crippen LogP contribution in [0.2, 0.25) is 0 Å². The molecular weight excluding hydrogens is 524 g/mol. The van der Waals surface area contributed by atoms with Crippen molar-refractivity contribution in [2.45, 2.75) is 76.4 Å². The Morgan fingerprint density at radius 2 is 1.50 bits per heavy atom. The van der Waals surface area contributed by atoms with Crippen LogP contribution < -0.4 is 5.32 Å². The first-order valence-corrected chi connectivity index (χ1v) is 12.6. The van der Waals surface area contributed by atoms with Gasteiger partial charge >= 0.3 is 24.3 Å². The van der Waals surface area contributed by atoms with Gasteiger partial charge in [0.15, 0.2) is 0 Å². The van der Waals surface area contributed by atoms with Gasteiger partial charge in [0.1, 0.15) is 0 Å². The molecule has 2 saturated carbocycles. The Kier molecular flexibility index (Phi) is 10.0. The largest absolute Gasteiger partial charge is 0.490 e. The van der Waals surface area contributed by atoms with E-state index in [1.165, 1.54) is 63.7 Å². The normalized spacial score (nSPS) is 28.9. The molecule has 3 aliphatic heterocycles. The second-order valence-corrected chi connectivity index (χ2v) is 10.6. The van der Waals surface area contributed by atoms with E-state index in [1.54, 1.807) is 0 Å². The molecule has 5 atom stereocenters. The summed E-state index contributed by atoms with van der Waals surface area (Å²) in [5.41, 5.74) is 1.18. The van der Waals surface area contributed by atoms with Crippen molar-refractivity contribution in [2.75, 3.05) is 19.6 Å². The van der Waals surface area contributed by atoms with Crippen molar-refractivity contribution in [3.63, 3.8) is 0 Å². The number of piperidine rings is 1. The summed E-state index contributed by atoms with van der Waals surface area (Å²) in [7, 11) is 0. The number of hydrogen-bond acceptors (Lipinski definition) is 6. The number of aromatic nitrogens is 3. The van der Waals surface area contributed by atoms with Crippen LogP contribution in [0.3, 0.4) is 0 Å². The lowest BCUT2D eigenvalue weighted by atomic mass is 9.68. The van der Waals surface area contributed by atoms with Crippen LogP contribution in [0.25, 0.3) is 0 Å². The molecule has 3 unspecified atom stereocenters. The molecule has 1 aromatic rings. The summed E-state index contributed by atoms with van der Waals surface area (Å²) in [5, 5.41) is 26.7. The molecule has 0 spiro atoms. The summed E-state index contributed by atoms with van der Waals surface area (Å²) in [4.78, 5) is 20.5. The summed E-state index contributed by atoms with van der Waals surface area (Å²) in [6.45, 7) is 5.66. The number of hydrogen-bond donors (Lipinski definition) is 3. The standard InChI is InChI=1S/C19H31N5.2C2HF3O2/c1-2-14(9-20-3-1)11-24-13-18(21-22-24)12-23-10-17-5-15-4-16(6-17)8-19(23)7-15;2*3-2(4,5)1(6)7/h13-17,19-20H,1-12H2;2*(H,6,7)/t14?,15-,16+,17?,19?;;. The Hall–Kier alpha value is -2.42. The number of nitrogens with one attached hydrogen (secondary N) is 1. The molecule has 216 valence electrons. The summed E-state index contributed by atoms with van der Waals surface area (Å²) < 4.78 is 65.6. The highest BCUT2D eigenvalue weighted by Gasteiger charge is 2.42. The van der Waals surface area contributed by atoms with Crippen molar-refractivity contribution in [3.8, 4) is 0 Å². The van der Waals surface area contributed by atoms with E-state index in [-0.39, 0.29) is 0 Å². The van der Waals surface area contributed by atoms with Gasteiger partial charge < -0.3 is 15.5 Å². The smallest absolute Gasteiger partial charge is 0.475 e. The van der Waals surface area contributed by atoms with E-state index in [2.05, 4.69) is 31.4 Å². The Bertz CT molecular complexity index is 896. The number of halogens is 6. The first-order valence-electron chi connectivity index (χ1n) is 12.6. The molecule has 6 rings (SSSR count). The van der Waals surface area contributed by atoms with Crippen LogP contribution in [0.1, 0.15) is 50.6 Å². The van der Waals surface area contributed by atoms with E-state index >= 15 is 0 Å². The van der Waals surface area contributed by atoms with Gasteiger partial charge in [0, 0.05) is 31.9 Å². The fourth-order valence-electron chi connectivity index (χ4n) is 6.13. The average molecular weight is 558 g/mol. The van der Waals surface area contributed by atoms with Crippen LogP contribution in [-0.2, 0) is 22.7 Å². The summed E-state index contributed by atoms with van der Waals surface area (Å²) in [5.74, 6) is -1.80. The zero-order valence-corrected chi connectivity index (χ0v) is 20.7. The maximum Gasteiger partial charge on any atom is 0.490 e. The van der Waals surface area contributed by atoms with E-state index < -0.39 is 24.3 Å². The first kappa shape index (κ1) is 30.1. The van der Waals surface area contributed by atoms with Gasteiger partial charge in [-0.1, -0.05) is 5.21 Å². The SMILES string of the molecule is O=C(O)C(F)(F)F.O=C(O)C(F)(F)F.c1c(CN2CC3C[C@@H]4CC2C[C@H](C3)C4)nnn1CC1CCCNC1. The first-order chi connectivity index (χ1) is 17.7. The van der Waals surface area contributed by atoms with Gasteiger partial charge in [-0.3, -0.25) is 9.58 Å². The molecule has 4 heterocycles. The minimum absolute atomic E-state index is 0.720. The number of aliphatic carboxylic acids is 2. The van der Waals surface area contributed by atoms with E-state index in [4.69, 9.17) is 19.8 Å². The Balaban J connectivity index is 0.000000239. The number of fused-ring (bicyclic) bond motifs is 1. The minimum atomic E-state index is -5.08. The van der Waals surface area contributed by atoms with Crippen LogP contribution >= 0.6 is 0 Å². The molecule has 5 fully saturated rings. The molecule has 9 nitrogen and oxygen atoms in total. The fourth-order valence-corrected chi connectivity index (χ4v) is 6.13. The Morgan fingerprint density at radius 3 is 2.00 bits per heavy atom. The lowest BCUT2D eigenvalue weighted by molar-refractivity contribution is -0.193. The highest BCUT2D eigenvalue weighted by Crippen LogP contribution is 2.47. The number of rotatable bonds is 4. The van der Waals surface area contributed by atoms with Crippen LogP contribution in [0.4, 0.5) is 26.3 Å². The molecule has 15 heteroatoms. The summed E-state index contributed by atoms with van der Waals surface area (Å²) >= 11 is 0. The van der Waals surface area contributed by atoms with Gasteiger partial charge in [-0.25, -0.2) is 9.59 Å². The van der Waals surface area contributed by atoms with Gasteiger partial charge in [0.25, 0.3) is 0 Å². The minimum Gasteiger partial charge on any atom is -0.475 e. The van der Waals surface area contributed by atoms with Crippen molar-refractivity contribution in [1.82, 2.24) is 25.2 Å². The molecule has 0 aromatic carbocycles. The Morgan fingerprint density at radius 1 is 0.947 bits per heavy atom. The molecule has 38 heavy (non-hydrogen) atoms. The molecule has 5 aliphatic rings. The van der Waals surface area contributed by atoms with E-state index in [1.807, 2.05) is 0 Å². The third-order valence-electron chi connectivity index (χ3n) is 7.50. The highest BCUT2D eigenvalue weighted by atomic mass is 19.4. The van der Waals surface area contributed by atoms with Crippen LogP contribution in [0.15, 0.2) is 6.20 Å². The molecule has 4 bridgehead atoms. The van der Waals surface area contributed by atoms with Crippen molar-refractivity contribution in [2.24, 2.45) is 23.7 Å². The summed E-state index contributed by atoms with van der Waals surface area (Å²) in [6, 6.07) is 0.814. The Labute approximate surface area is 215 Å². The molecule has 3 N–H and O–H groups in total. The van der Waals surface area contributed by atoms with Gasteiger partial charge in [0.05, 0.1) is 5.69 Å². The van der Waals surface area contributed by atoms with E-state index in [0.717, 1.165) is 49.3 Å². The third-order valence-corrected chi connectivity index (χ3v) is 7.50. The van der Waals surface area contributed by atoms with E-state index in [9.17, 15) is 26.3 Å². The van der Waals surface area contributed by atoms with E-state index in [0.29, 0.717) is 0 Å². The van der Waals surface area contributed by atoms with Crippen LogP contribution in [-0.4, -0.2) is 80.1 Å². The molecule has 1 aromatic heterocycles. The lowest BCUT2D eigenvalue weighted by Gasteiger charge is -2.39. The fraction of sp³-hybridized carbons (Fsp3) is 0.826.